The fourth-order valence-corrected chi connectivity index (χ4v) is 2.74. The van der Waals surface area contributed by atoms with E-state index in [0.29, 0.717) is 12.1 Å². The number of rotatable bonds is 3. The summed E-state index contributed by atoms with van der Waals surface area (Å²) < 4.78 is 0. The van der Waals surface area contributed by atoms with Crippen molar-refractivity contribution in [1.82, 2.24) is 10.6 Å². The summed E-state index contributed by atoms with van der Waals surface area (Å²) in [5, 5.41) is 5.01. The summed E-state index contributed by atoms with van der Waals surface area (Å²) in [6, 6.07) is 6.65. The summed E-state index contributed by atoms with van der Waals surface area (Å²) in [6.45, 7) is 0. The van der Waals surface area contributed by atoms with Crippen LogP contribution in [0.4, 0.5) is 5.69 Å². The summed E-state index contributed by atoms with van der Waals surface area (Å²) in [4.78, 5) is 35.3. The van der Waals surface area contributed by atoms with Crippen LogP contribution in [0.1, 0.15) is 31.2 Å². The summed E-state index contributed by atoms with van der Waals surface area (Å²) in [7, 11) is 0. The molecule has 1 saturated carbocycles. The highest BCUT2D eigenvalue weighted by Gasteiger charge is 2.52. The minimum absolute atomic E-state index is 0.164. The van der Waals surface area contributed by atoms with Gasteiger partial charge in [0.15, 0.2) is 0 Å². The molecule has 6 nitrogen and oxygen atoms in total. The van der Waals surface area contributed by atoms with Gasteiger partial charge in [-0.15, -0.1) is 0 Å². The van der Waals surface area contributed by atoms with E-state index in [9.17, 15) is 14.4 Å². The predicted molar refractivity (Wildman–Crippen MR) is 76.1 cm³/mol. The normalized spacial score (nSPS) is 23.3. The number of carbonyl (C=O) groups excluding carboxylic acids is 3. The SMILES string of the molecule is Nc1cccc(C2(C(=O)NC3CCC(=O)NC3=O)CC2)c1. The first kappa shape index (κ1) is 13.6. The van der Waals surface area contributed by atoms with Crippen molar-refractivity contribution in [2.75, 3.05) is 5.73 Å². The Morgan fingerprint density at radius 1 is 1.33 bits per heavy atom. The molecule has 1 atom stereocenters. The third-order valence-electron chi connectivity index (χ3n) is 4.17. The van der Waals surface area contributed by atoms with Crippen LogP contribution in [-0.2, 0) is 19.8 Å². The Hall–Kier alpha value is -2.37. The molecule has 4 N–H and O–H groups in total. The minimum atomic E-state index is -0.631. The molecule has 110 valence electrons. The Morgan fingerprint density at radius 2 is 2.10 bits per heavy atom. The number of imide groups is 1. The Morgan fingerprint density at radius 3 is 2.71 bits per heavy atom. The van der Waals surface area contributed by atoms with Crippen molar-refractivity contribution < 1.29 is 14.4 Å². The van der Waals surface area contributed by atoms with Crippen LogP contribution in [0.3, 0.4) is 0 Å². The van der Waals surface area contributed by atoms with E-state index in [1.165, 1.54) is 0 Å². The lowest BCUT2D eigenvalue weighted by atomic mass is 9.93. The second-order valence-electron chi connectivity index (χ2n) is 5.68. The van der Waals surface area contributed by atoms with E-state index in [0.717, 1.165) is 18.4 Å². The van der Waals surface area contributed by atoms with Gasteiger partial charge in [0.1, 0.15) is 6.04 Å². The second kappa shape index (κ2) is 4.87. The summed E-state index contributed by atoms with van der Waals surface area (Å²) >= 11 is 0. The van der Waals surface area contributed by atoms with Crippen molar-refractivity contribution in [3.05, 3.63) is 29.8 Å². The van der Waals surface area contributed by atoms with E-state index < -0.39 is 17.4 Å². The molecule has 3 amide bonds. The number of nitrogens with one attached hydrogen (secondary N) is 2. The van der Waals surface area contributed by atoms with Gasteiger partial charge in [-0.05, 0) is 37.0 Å². The lowest BCUT2D eigenvalue weighted by Crippen LogP contribution is -2.54. The van der Waals surface area contributed by atoms with Crippen molar-refractivity contribution in [1.29, 1.82) is 0 Å². The van der Waals surface area contributed by atoms with Crippen LogP contribution >= 0.6 is 0 Å². The number of nitrogen functional groups attached to an aromatic ring is 1. The first-order valence-electron chi connectivity index (χ1n) is 7.02. The first-order chi connectivity index (χ1) is 10.0. The number of hydrogen-bond donors (Lipinski definition) is 3. The zero-order valence-corrected chi connectivity index (χ0v) is 11.5. The van der Waals surface area contributed by atoms with Crippen LogP contribution in [0.25, 0.3) is 0 Å². The lowest BCUT2D eigenvalue weighted by molar-refractivity contribution is -0.137. The minimum Gasteiger partial charge on any atom is -0.399 e. The Kier molecular flexibility index (Phi) is 3.16. The Labute approximate surface area is 122 Å². The number of anilines is 1. The van der Waals surface area contributed by atoms with Crippen molar-refractivity contribution >= 4 is 23.4 Å². The molecule has 3 rings (SSSR count). The fourth-order valence-electron chi connectivity index (χ4n) is 2.74. The molecule has 0 bridgehead atoms. The van der Waals surface area contributed by atoms with Gasteiger partial charge in [-0.3, -0.25) is 19.7 Å². The van der Waals surface area contributed by atoms with Crippen LogP contribution in [0.2, 0.25) is 0 Å². The van der Waals surface area contributed by atoms with Crippen molar-refractivity contribution in [2.45, 2.75) is 37.1 Å². The summed E-state index contributed by atoms with van der Waals surface area (Å²) in [5.41, 5.74) is 6.70. The van der Waals surface area contributed by atoms with Crippen LogP contribution in [0.5, 0.6) is 0 Å². The molecule has 6 heteroatoms. The van der Waals surface area contributed by atoms with E-state index in [1.807, 2.05) is 12.1 Å². The third-order valence-corrected chi connectivity index (χ3v) is 4.17. The number of nitrogens with two attached hydrogens (primary N) is 1. The molecule has 1 unspecified atom stereocenters. The molecule has 0 spiro atoms. The zero-order valence-electron chi connectivity index (χ0n) is 11.5. The monoisotopic (exact) mass is 287 g/mol. The summed E-state index contributed by atoms with van der Waals surface area (Å²) in [6.07, 6.45) is 2.09. The average molecular weight is 287 g/mol. The van der Waals surface area contributed by atoms with Crippen molar-refractivity contribution in [2.24, 2.45) is 0 Å². The topological polar surface area (TPSA) is 101 Å². The van der Waals surface area contributed by atoms with E-state index in [1.54, 1.807) is 12.1 Å². The van der Waals surface area contributed by atoms with Gasteiger partial charge in [0.05, 0.1) is 5.41 Å². The van der Waals surface area contributed by atoms with Gasteiger partial charge in [-0.2, -0.15) is 0 Å². The van der Waals surface area contributed by atoms with E-state index in [-0.39, 0.29) is 18.2 Å². The van der Waals surface area contributed by atoms with Crippen LogP contribution in [-0.4, -0.2) is 23.8 Å². The predicted octanol–water partition coefficient (Wildman–Crippen LogP) is 0.222. The zero-order chi connectivity index (χ0) is 15.0. The second-order valence-corrected chi connectivity index (χ2v) is 5.68. The molecule has 1 aromatic carbocycles. The van der Waals surface area contributed by atoms with Gasteiger partial charge in [-0.1, -0.05) is 12.1 Å². The van der Waals surface area contributed by atoms with Gasteiger partial charge < -0.3 is 11.1 Å². The fraction of sp³-hybridized carbons (Fsp3) is 0.400. The molecular weight excluding hydrogens is 270 g/mol. The van der Waals surface area contributed by atoms with Gasteiger partial charge in [0.2, 0.25) is 17.7 Å². The Bertz CT molecular complexity index is 622. The van der Waals surface area contributed by atoms with E-state index in [4.69, 9.17) is 5.73 Å². The molecule has 21 heavy (non-hydrogen) atoms. The van der Waals surface area contributed by atoms with Crippen molar-refractivity contribution in [3.8, 4) is 0 Å². The van der Waals surface area contributed by atoms with Crippen LogP contribution < -0.4 is 16.4 Å². The molecule has 2 fully saturated rings. The quantitative estimate of drug-likeness (QED) is 0.547. The maximum atomic E-state index is 12.5. The highest BCUT2D eigenvalue weighted by molar-refractivity contribution is 6.03. The van der Waals surface area contributed by atoms with Gasteiger partial charge in [0.25, 0.3) is 0 Å². The molecule has 0 aromatic heterocycles. The number of benzene rings is 1. The maximum absolute atomic E-state index is 12.5. The summed E-state index contributed by atoms with van der Waals surface area (Å²) in [5.74, 6) is -0.881. The number of carbonyl (C=O) groups is 3. The molecule has 1 saturated heterocycles. The molecular formula is C15H17N3O3. The molecule has 0 radical (unpaired) electrons. The Balaban J connectivity index is 1.73. The smallest absolute Gasteiger partial charge is 0.249 e. The number of amides is 3. The average Bonchev–Trinajstić information content (AvgIpc) is 3.23. The lowest BCUT2D eigenvalue weighted by Gasteiger charge is -2.24. The molecule has 1 heterocycles. The van der Waals surface area contributed by atoms with E-state index >= 15 is 0 Å². The largest absolute Gasteiger partial charge is 0.399 e. The van der Waals surface area contributed by atoms with Gasteiger partial charge in [-0.25, -0.2) is 0 Å². The maximum Gasteiger partial charge on any atom is 0.249 e. The van der Waals surface area contributed by atoms with Crippen LogP contribution in [0.15, 0.2) is 24.3 Å². The van der Waals surface area contributed by atoms with E-state index in [2.05, 4.69) is 10.6 Å². The highest BCUT2D eigenvalue weighted by Crippen LogP contribution is 2.48. The molecule has 2 aliphatic rings. The third kappa shape index (κ3) is 2.49. The molecule has 1 aliphatic heterocycles. The van der Waals surface area contributed by atoms with Crippen LogP contribution in [0, 0.1) is 0 Å². The molecule has 1 aliphatic carbocycles. The standard InChI is InChI=1S/C15H17N3O3/c16-10-3-1-2-9(8-10)15(6-7-15)14(21)17-11-4-5-12(19)18-13(11)20/h1-3,8,11H,4-7,16H2,(H,17,21)(H,18,19,20). The highest BCUT2D eigenvalue weighted by atomic mass is 16.2. The van der Waals surface area contributed by atoms with Gasteiger partial charge >= 0.3 is 0 Å². The van der Waals surface area contributed by atoms with Gasteiger partial charge in [0, 0.05) is 12.1 Å². The molecule has 1 aromatic rings. The first-order valence-corrected chi connectivity index (χ1v) is 7.02. The number of piperidine rings is 1. The van der Waals surface area contributed by atoms with Crippen molar-refractivity contribution in [3.63, 3.8) is 0 Å². The number of hydrogen-bond acceptors (Lipinski definition) is 4.